The van der Waals surface area contributed by atoms with Crippen LogP contribution in [-0.4, -0.2) is 60.7 Å². The minimum absolute atomic E-state index is 0.625. The van der Waals surface area contributed by atoms with E-state index >= 15 is 0 Å². The van der Waals surface area contributed by atoms with Crippen molar-refractivity contribution >= 4 is 5.95 Å². The average molecular weight is 265 g/mol. The lowest BCUT2D eigenvalue weighted by Crippen LogP contribution is -2.48. The Morgan fingerprint density at radius 3 is 2.63 bits per heavy atom. The Balaban J connectivity index is 2.02. The van der Waals surface area contributed by atoms with Crippen molar-refractivity contribution in [1.82, 2.24) is 14.9 Å². The molecule has 1 aromatic heterocycles. The number of hydrogen-bond acceptors (Lipinski definition) is 6. The zero-order chi connectivity index (χ0) is 13.7. The highest BCUT2D eigenvalue weighted by Crippen LogP contribution is 2.17. The van der Waals surface area contributed by atoms with Crippen molar-refractivity contribution in [3.8, 4) is 5.88 Å². The van der Waals surface area contributed by atoms with Crippen LogP contribution in [0, 0.1) is 6.92 Å². The molecule has 6 nitrogen and oxygen atoms in total. The Kier molecular flexibility index (Phi) is 4.93. The van der Waals surface area contributed by atoms with E-state index in [1.54, 1.807) is 0 Å². The maximum atomic E-state index is 5.58. The van der Waals surface area contributed by atoms with E-state index in [1.807, 2.05) is 19.9 Å². The van der Waals surface area contributed by atoms with Gasteiger partial charge in [0.15, 0.2) is 0 Å². The maximum Gasteiger partial charge on any atom is 0.228 e. The minimum atomic E-state index is 0.625. The number of piperazine rings is 1. The third kappa shape index (κ3) is 3.78. The van der Waals surface area contributed by atoms with Gasteiger partial charge in [-0.3, -0.25) is 4.90 Å². The van der Waals surface area contributed by atoms with E-state index in [1.165, 1.54) is 0 Å². The first-order valence-corrected chi connectivity index (χ1v) is 6.88. The summed E-state index contributed by atoms with van der Waals surface area (Å²) in [5.41, 5.74) is 6.52. The van der Waals surface area contributed by atoms with E-state index in [0.29, 0.717) is 12.5 Å². The molecule has 0 aromatic carbocycles. The molecule has 0 radical (unpaired) electrons. The molecule has 2 heterocycles. The summed E-state index contributed by atoms with van der Waals surface area (Å²) in [5.74, 6) is 1.44. The van der Waals surface area contributed by atoms with Crippen molar-refractivity contribution < 1.29 is 4.74 Å². The second-order valence-electron chi connectivity index (χ2n) is 4.70. The van der Waals surface area contributed by atoms with E-state index in [2.05, 4.69) is 19.8 Å². The van der Waals surface area contributed by atoms with E-state index in [-0.39, 0.29) is 0 Å². The van der Waals surface area contributed by atoms with Gasteiger partial charge in [-0.15, -0.1) is 0 Å². The number of rotatable bonds is 5. The Morgan fingerprint density at radius 1 is 1.26 bits per heavy atom. The first-order chi connectivity index (χ1) is 9.22. The van der Waals surface area contributed by atoms with Crippen molar-refractivity contribution in [2.24, 2.45) is 5.73 Å². The lowest BCUT2D eigenvalue weighted by molar-refractivity contribution is 0.263. The van der Waals surface area contributed by atoms with Crippen LogP contribution in [0.1, 0.15) is 12.6 Å². The Hall–Kier alpha value is -1.40. The number of aromatic nitrogens is 2. The predicted octanol–water partition coefficient (Wildman–Crippen LogP) is 0.264. The zero-order valence-corrected chi connectivity index (χ0v) is 11.8. The van der Waals surface area contributed by atoms with Gasteiger partial charge < -0.3 is 15.4 Å². The van der Waals surface area contributed by atoms with Crippen LogP contribution in [0.25, 0.3) is 0 Å². The summed E-state index contributed by atoms with van der Waals surface area (Å²) in [7, 11) is 0. The fraction of sp³-hybridized carbons (Fsp3) is 0.692. The number of nitrogens with zero attached hydrogens (tertiary/aromatic N) is 4. The van der Waals surface area contributed by atoms with Crippen LogP contribution in [0.3, 0.4) is 0 Å². The molecule has 0 atom stereocenters. The van der Waals surface area contributed by atoms with Gasteiger partial charge in [-0.05, 0) is 13.8 Å². The van der Waals surface area contributed by atoms with Crippen LogP contribution in [0.4, 0.5) is 5.95 Å². The minimum Gasteiger partial charge on any atom is -0.478 e. The molecule has 0 amide bonds. The molecule has 2 rings (SSSR count). The summed E-state index contributed by atoms with van der Waals surface area (Å²) < 4.78 is 5.47. The van der Waals surface area contributed by atoms with Crippen molar-refractivity contribution in [1.29, 1.82) is 0 Å². The highest BCUT2D eigenvalue weighted by molar-refractivity contribution is 5.35. The van der Waals surface area contributed by atoms with Gasteiger partial charge in [0.2, 0.25) is 11.8 Å². The molecule has 6 heteroatoms. The molecule has 0 saturated carbocycles. The van der Waals surface area contributed by atoms with Crippen LogP contribution in [0.15, 0.2) is 6.07 Å². The van der Waals surface area contributed by atoms with Crippen LogP contribution >= 0.6 is 0 Å². The summed E-state index contributed by atoms with van der Waals surface area (Å²) in [4.78, 5) is 13.6. The molecule has 1 fully saturated rings. The molecule has 1 aliphatic heterocycles. The molecule has 0 spiro atoms. The molecular weight excluding hydrogens is 242 g/mol. The second-order valence-corrected chi connectivity index (χ2v) is 4.70. The van der Waals surface area contributed by atoms with Gasteiger partial charge in [0.25, 0.3) is 0 Å². The first kappa shape index (κ1) is 14.0. The Bertz CT molecular complexity index is 404. The molecule has 1 aliphatic rings. The number of anilines is 1. The fourth-order valence-electron chi connectivity index (χ4n) is 2.24. The molecule has 2 N–H and O–H groups in total. The topological polar surface area (TPSA) is 67.5 Å². The van der Waals surface area contributed by atoms with Gasteiger partial charge >= 0.3 is 0 Å². The highest BCUT2D eigenvalue weighted by atomic mass is 16.5. The normalized spacial score (nSPS) is 16.7. The molecular formula is C13H23N5O. The highest BCUT2D eigenvalue weighted by Gasteiger charge is 2.19. The third-order valence-corrected chi connectivity index (χ3v) is 3.21. The lowest BCUT2D eigenvalue weighted by Gasteiger charge is -2.34. The van der Waals surface area contributed by atoms with Gasteiger partial charge in [-0.2, -0.15) is 4.98 Å². The van der Waals surface area contributed by atoms with Crippen molar-refractivity contribution in [2.45, 2.75) is 13.8 Å². The average Bonchev–Trinajstić information content (AvgIpc) is 2.40. The Labute approximate surface area is 114 Å². The molecule has 106 valence electrons. The molecule has 0 aliphatic carbocycles. The van der Waals surface area contributed by atoms with Gasteiger partial charge in [-0.1, -0.05) is 0 Å². The molecule has 0 unspecified atom stereocenters. The fourth-order valence-corrected chi connectivity index (χ4v) is 2.24. The zero-order valence-electron chi connectivity index (χ0n) is 11.8. The number of ether oxygens (including phenoxy) is 1. The van der Waals surface area contributed by atoms with Crippen molar-refractivity contribution in [2.75, 3.05) is 50.8 Å². The lowest BCUT2D eigenvalue weighted by atomic mass is 10.3. The molecule has 1 saturated heterocycles. The van der Waals surface area contributed by atoms with Crippen LogP contribution in [0.2, 0.25) is 0 Å². The van der Waals surface area contributed by atoms with Crippen LogP contribution in [0.5, 0.6) is 5.88 Å². The first-order valence-electron chi connectivity index (χ1n) is 6.88. The van der Waals surface area contributed by atoms with Gasteiger partial charge in [0.05, 0.1) is 6.61 Å². The van der Waals surface area contributed by atoms with Crippen molar-refractivity contribution in [3.63, 3.8) is 0 Å². The maximum absolute atomic E-state index is 5.58. The monoisotopic (exact) mass is 265 g/mol. The van der Waals surface area contributed by atoms with Crippen LogP contribution < -0.4 is 15.4 Å². The van der Waals surface area contributed by atoms with Crippen LogP contribution in [-0.2, 0) is 0 Å². The van der Waals surface area contributed by atoms with Gasteiger partial charge in [0.1, 0.15) is 0 Å². The SMILES string of the molecule is CCOc1cc(C)nc(N2CCN(CCN)CC2)n1. The molecule has 19 heavy (non-hydrogen) atoms. The third-order valence-electron chi connectivity index (χ3n) is 3.21. The number of aryl methyl sites for hydroxylation is 1. The predicted molar refractivity (Wildman–Crippen MR) is 75.6 cm³/mol. The number of nitrogens with two attached hydrogens (primary N) is 1. The summed E-state index contributed by atoms with van der Waals surface area (Å²) in [6.45, 7) is 10.1. The van der Waals surface area contributed by atoms with Gasteiger partial charge in [-0.25, -0.2) is 4.98 Å². The Morgan fingerprint density at radius 2 is 2.00 bits per heavy atom. The molecule has 0 bridgehead atoms. The van der Waals surface area contributed by atoms with Crippen molar-refractivity contribution in [3.05, 3.63) is 11.8 Å². The number of hydrogen-bond donors (Lipinski definition) is 1. The van der Waals surface area contributed by atoms with E-state index in [9.17, 15) is 0 Å². The summed E-state index contributed by atoms with van der Waals surface area (Å²) >= 11 is 0. The second kappa shape index (κ2) is 6.68. The molecule has 1 aromatic rings. The van der Waals surface area contributed by atoms with E-state index in [0.717, 1.165) is 50.9 Å². The largest absolute Gasteiger partial charge is 0.478 e. The summed E-state index contributed by atoms with van der Waals surface area (Å²) in [5, 5.41) is 0. The van der Waals surface area contributed by atoms with E-state index < -0.39 is 0 Å². The summed E-state index contributed by atoms with van der Waals surface area (Å²) in [6, 6.07) is 1.87. The standard InChI is InChI=1S/C13H23N5O/c1-3-19-12-10-11(2)15-13(16-12)18-8-6-17(5-4-14)7-9-18/h10H,3-9,14H2,1-2H3. The summed E-state index contributed by atoms with van der Waals surface area (Å²) in [6.07, 6.45) is 0. The quantitative estimate of drug-likeness (QED) is 0.824. The smallest absolute Gasteiger partial charge is 0.228 e. The van der Waals surface area contributed by atoms with E-state index in [4.69, 9.17) is 10.5 Å². The van der Waals surface area contributed by atoms with Gasteiger partial charge in [0, 0.05) is 51.0 Å².